The van der Waals surface area contributed by atoms with E-state index in [-0.39, 0.29) is 5.97 Å². The molecule has 0 bridgehead atoms. The summed E-state index contributed by atoms with van der Waals surface area (Å²) in [7, 11) is 0. The van der Waals surface area contributed by atoms with Gasteiger partial charge in [0.05, 0.1) is 6.61 Å². The van der Waals surface area contributed by atoms with Gasteiger partial charge in [0.25, 0.3) is 0 Å². The molecule has 2 rings (SSSR count). The van der Waals surface area contributed by atoms with Gasteiger partial charge in [0.15, 0.2) is 0 Å². The van der Waals surface area contributed by atoms with Crippen LogP contribution in [0.25, 0.3) is 0 Å². The average Bonchev–Trinajstić information content (AvgIpc) is 3.07. The number of aryl methyl sites for hydroxylation is 1. The zero-order valence-electron chi connectivity index (χ0n) is 12.5. The average molecular weight is 279 g/mol. The van der Waals surface area contributed by atoms with Gasteiger partial charge in [-0.25, -0.2) is 0 Å². The molecule has 20 heavy (non-hydrogen) atoms. The predicted molar refractivity (Wildman–Crippen MR) is 77.2 cm³/mol. The van der Waals surface area contributed by atoms with Gasteiger partial charge >= 0.3 is 5.97 Å². The Hall–Kier alpha value is -1.36. The Kier molecular flexibility index (Phi) is 5.17. The van der Waals surface area contributed by atoms with Crippen LogP contribution in [-0.4, -0.2) is 34.4 Å². The van der Waals surface area contributed by atoms with E-state index in [1.165, 1.54) is 0 Å². The Balaban J connectivity index is 2.06. The third kappa shape index (κ3) is 3.03. The SMILES string of the molecule is CCNC1(C(=O)OCC)CCCC1CCn1cccn1. The van der Waals surface area contributed by atoms with Gasteiger partial charge in [-0.05, 0) is 44.7 Å². The number of aromatic nitrogens is 2. The van der Waals surface area contributed by atoms with Crippen LogP contribution in [0.5, 0.6) is 0 Å². The lowest BCUT2D eigenvalue weighted by Crippen LogP contribution is -2.55. The Labute approximate surface area is 120 Å². The maximum absolute atomic E-state index is 12.4. The molecule has 5 nitrogen and oxygen atoms in total. The zero-order chi connectivity index (χ0) is 14.4. The van der Waals surface area contributed by atoms with Crippen LogP contribution in [0.1, 0.15) is 39.5 Å². The first-order chi connectivity index (χ1) is 9.73. The zero-order valence-corrected chi connectivity index (χ0v) is 12.5. The monoisotopic (exact) mass is 279 g/mol. The van der Waals surface area contributed by atoms with Crippen LogP contribution in [-0.2, 0) is 16.1 Å². The number of esters is 1. The molecule has 1 fully saturated rings. The Morgan fingerprint density at radius 1 is 1.55 bits per heavy atom. The first-order valence-electron chi connectivity index (χ1n) is 7.62. The molecule has 0 aromatic carbocycles. The number of rotatable bonds is 7. The minimum absolute atomic E-state index is 0.0789. The highest BCUT2D eigenvalue weighted by molar-refractivity contribution is 5.81. The maximum atomic E-state index is 12.4. The molecule has 0 aliphatic heterocycles. The first kappa shape index (κ1) is 15.0. The number of ether oxygens (including phenoxy) is 1. The number of carbonyl (C=O) groups is 1. The van der Waals surface area contributed by atoms with Gasteiger partial charge in [-0.15, -0.1) is 0 Å². The number of hydrogen-bond acceptors (Lipinski definition) is 4. The van der Waals surface area contributed by atoms with Crippen molar-refractivity contribution in [2.75, 3.05) is 13.2 Å². The molecule has 0 spiro atoms. The van der Waals surface area contributed by atoms with E-state index in [0.29, 0.717) is 12.5 Å². The molecule has 5 heteroatoms. The highest BCUT2D eigenvalue weighted by atomic mass is 16.5. The van der Waals surface area contributed by atoms with Crippen molar-refractivity contribution >= 4 is 5.97 Å². The van der Waals surface area contributed by atoms with Gasteiger partial charge in [-0.3, -0.25) is 9.48 Å². The van der Waals surface area contributed by atoms with Gasteiger partial charge in [-0.1, -0.05) is 13.3 Å². The van der Waals surface area contributed by atoms with E-state index in [4.69, 9.17) is 4.74 Å². The van der Waals surface area contributed by atoms with Crippen molar-refractivity contribution in [3.05, 3.63) is 18.5 Å². The minimum atomic E-state index is -0.488. The van der Waals surface area contributed by atoms with Gasteiger partial charge < -0.3 is 10.1 Å². The van der Waals surface area contributed by atoms with Crippen LogP contribution in [0.4, 0.5) is 0 Å². The van der Waals surface area contributed by atoms with E-state index >= 15 is 0 Å². The fraction of sp³-hybridized carbons (Fsp3) is 0.733. The number of carbonyl (C=O) groups excluding carboxylic acids is 1. The van der Waals surface area contributed by atoms with Crippen LogP contribution >= 0.6 is 0 Å². The smallest absolute Gasteiger partial charge is 0.326 e. The Morgan fingerprint density at radius 3 is 3.05 bits per heavy atom. The summed E-state index contributed by atoms with van der Waals surface area (Å²) in [4.78, 5) is 12.4. The molecule has 2 unspecified atom stereocenters. The van der Waals surface area contributed by atoms with E-state index in [1.807, 2.05) is 30.8 Å². The molecule has 0 saturated heterocycles. The standard InChI is InChI=1S/C15H25N3O2/c1-3-16-15(14(19)20-4-2)9-5-7-13(15)8-12-18-11-6-10-17-18/h6,10-11,13,16H,3-5,7-9,12H2,1-2H3. The second kappa shape index (κ2) is 6.88. The molecule has 1 saturated carbocycles. The van der Waals surface area contributed by atoms with Crippen LogP contribution < -0.4 is 5.32 Å². The van der Waals surface area contributed by atoms with E-state index in [9.17, 15) is 4.79 Å². The minimum Gasteiger partial charge on any atom is -0.465 e. The number of nitrogens with zero attached hydrogens (tertiary/aromatic N) is 2. The summed E-state index contributed by atoms with van der Waals surface area (Å²) in [5.41, 5.74) is -0.488. The van der Waals surface area contributed by atoms with Crippen molar-refractivity contribution in [2.45, 2.75) is 51.6 Å². The van der Waals surface area contributed by atoms with Gasteiger partial charge in [0.1, 0.15) is 5.54 Å². The highest BCUT2D eigenvalue weighted by Gasteiger charge is 2.49. The Morgan fingerprint density at radius 2 is 2.40 bits per heavy atom. The van der Waals surface area contributed by atoms with Crippen LogP contribution in [0.2, 0.25) is 0 Å². The fourth-order valence-electron chi connectivity index (χ4n) is 3.34. The molecule has 0 amide bonds. The summed E-state index contributed by atoms with van der Waals surface area (Å²) in [6.45, 7) is 5.99. The van der Waals surface area contributed by atoms with E-state index in [2.05, 4.69) is 10.4 Å². The molecule has 1 heterocycles. The number of hydrogen-bond donors (Lipinski definition) is 1. The lowest BCUT2D eigenvalue weighted by atomic mass is 9.84. The molecule has 1 aliphatic carbocycles. The van der Waals surface area contributed by atoms with Crippen LogP contribution in [0.3, 0.4) is 0 Å². The summed E-state index contributed by atoms with van der Waals surface area (Å²) >= 11 is 0. The van der Waals surface area contributed by atoms with E-state index in [1.54, 1.807) is 6.20 Å². The quantitative estimate of drug-likeness (QED) is 0.775. The molecule has 1 aromatic rings. The molecule has 0 radical (unpaired) electrons. The van der Waals surface area contributed by atoms with Crippen LogP contribution in [0, 0.1) is 5.92 Å². The van der Waals surface area contributed by atoms with Crippen molar-refractivity contribution in [1.82, 2.24) is 15.1 Å². The second-order valence-electron chi connectivity index (χ2n) is 5.37. The summed E-state index contributed by atoms with van der Waals surface area (Å²) in [6.07, 6.45) is 7.74. The summed E-state index contributed by atoms with van der Waals surface area (Å²) in [5, 5.41) is 7.65. The lowest BCUT2D eigenvalue weighted by molar-refractivity contribution is -0.153. The van der Waals surface area contributed by atoms with E-state index in [0.717, 1.165) is 38.8 Å². The molecule has 1 aliphatic rings. The third-order valence-electron chi connectivity index (χ3n) is 4.22. The predicted octanol–water partition coefficient (Wildman–Crippen LogP) is 1.98. The molecule has 2 atom stereocenters. The van der Waals surface area contributed by atoms with Gasteiger partial charge in [0, 0.05) is 18.9 Å². The molecule has 1 N–H and O–H groups in total. The molecule has 1 aromatic heterocycles. The number of likely N-dealkylation sites (N-methyl/N-ethyl adjacent to an activating group) is 1. The van der Waals surface area contributed by atoms with Gasteiger partial charge in [-0.2, -0.15) is 5.10 Å². The summed E-state index contributed by atoms with van der Waals surface area (Å²) < 4.78 is 7.26. The van der Waals surface area contributed by atoms with Crippen LogP contribution in [0.15, 0.2) is 18.5 Å². The normalized spacial score (nSPS) is 25.8. The highest BCUT2D eigenvalue weighted by Crippen LogP contribution is 2.39. The van der Waals surface area contributed by atoms with Crippen molar-refractivity contribution in [1.29, 1.82) is 0 Å². The summed E-state index contributed by atoms with van der Waals surface area (Å²) in [6, 6.07) is 1.93. The van der Waals surface area contributed by atoms with Gasteiger partial charge in [0.2, 0.25) is 0 Å². The molecular weight excluding hydrogens is 254 g/mol. The lowest BCUT2D eigenvalue weighted by Gasteiger charge is -2.34. The third-order valence-corrected chi connectivity index (χ3v) is 4.22. The largest absolute Gasteiger partial charge is 0.465 e. The molecular formula is C15H25N3O2. The topological polar surface area (TPSA) is 56.1 Å². The van der Waals surface area contributed by atoms with Crippen molar-refractivity contribution in [2.24, 2.45) is 5.92 Å². The maximum Gasteiger partial charge on any atom is 0.326 e. The van der Waals surface area contributed by atoms with E-state index < -0.39 is 5.54 Å². The Bertz CT molecular complexity index is 419. The number of nitrogens with one attached hydrogen (secondary N) is 1. The van der Waals surface area contributed by atoms with Crippen molar-refractivity contribution in [3.63, 3.8) is 0 Å². The van der Waals surface area contributed by atoms with Crippen molar-refractivity contribution in [3.8, 4) is 0 Å². The summed E-state index contributed by atoms with van der Waals surface area (Å²) in [5.74, 6) is 0.246. The van der Waals surface area contributed by atoms with Crippen molar-refractivity contribution < 1.29 is 9.53 Å². The molecule has 112 valence electrons. The fourth-order valence-corrected chi connectivity index (χ4v) is 3.34. The second-order valence-corrected chi connectivity index (χ2v) is 5.37. The first-order valence-corrected chi connectivity index (χ1v) is 7.62.